The number of hydrogen-bond donors (Lipinski definition) is 2. The molecule has 1 aliphatic heterocycles. The lowest BCUT2D eigenvalue weighted by atomic mass is 9.97. The van der Waals surface area contributed by atoms with E-state index in [-0.39, 0.29) is 0 Å². The Labute approximate surface area is 114 Å². The van der Waals surface area contributed by atoms with Crippen molar-refractivity contribution in [1.82, 2.24) is 10.2 Å². The maximum atomic E-state index is 9.87. The van der Waals surface area contributed by atoms with Gasteiger partial charge >= 0.3 is 0 Å². The van der Waals surface area contributed by atoms with Crippen molar-refractivity contribution in [2.75, 3.05) is 26.7 Å². The summed E-state index contributed by atoms with van der Waals surface area (Å²) in [4.78, 5) is 2.38. The van der Waals surface area contributed by atoms with Crippen LogP contribution in [0.25, 0.3) is 0 Å². The number of phenols is 1. The number of rotatable bonds is 4. The number of halogens is 1. The van der Waals surface area contributed by atoms with E-state index in [4.69, 9.17) is 11.6 Å². The molecular formula is C14H21ClN2O. The highest BCUT2D eigenvalue weighted by molar-refractivity contribution is 6.31. The van der Waals surface area contributed by atoms with E-state index < -0.39 is 0 Å². The molecule has 1 aliphatic rings. The summed E-state index contributed by atoms with van der Waals surface area (Å²) in [5.41, 5.74) is 0.851. The average Bonchev–Trinajstić information content (AvgIpc) is 2.35. The fourth-order valence-corrected chi connectivity index (χ4v) is 2.91. The second-order valence-corrected chi connectivity index (χ2v) is 5.45. The Morgan fingerprint density at radius 3 is 3.06 bits per heavy atom. The smallest absolute Gasteiger partial charge is 0.121 e. The second kappa shape index (κ2) is 6.41. The number of likely N-dealkylation sites (tertiary alicyclic amines) is 1. The molecule has 0 amide bonds. The summed E-state index contributed by atoms with van der Waals surface area (Å²) in [5, 5.41) is 13.8. The molecule has 1 aromatic carbocycles. The van der Waals surface area contributed by atoms with Gasteiger partial charge in [0.25, 0.3) is 0 Å². The molecule has 0 saturated carbocycles. The first-order chi connectivity index (χ1) is 8.70. The maximum absolute atomic E-state index is 9.87. The van der Waals surface area contributed by atoms with E-state index in [0.29, 0.717) is 16.7 Å². The van der Waals surface area contributed by atoms with Gasteiger partial charge in [-0.25, -0.2) is 0 Å². The number of benzene rings is 1. The van der Waals surface area contributed by atoms with Gasteiger partial charge in [0.2, 0.25) is 0 Å². The van der Waals surface area contributed by atoms with E-state index in [0.717, 1.165) is 31.7 Å². The molecule has 18 heavy (non-hydrogen) atoms. The van der Waals surface area contributed by atoms with Crippen molar-refractivity contribution in [1.29, 1.82) is 0 Å². The van der Waals surface area contributed by atoms with Crippen molar-refractivity contribution in [3.63, 3.8) is 0 Å². The maximum Gasteiger partial charge on any atom is 0.121 e. The van der Waals surface area contributed by atoms with Crippen LogP contribution in [0.5, 0.6) is 5.75 Å². The van der Waals surface area contributed by atoms with Crippen LogP contribution in [0.1, 0.15) is 18.4 Å². The molecule has 0 radical (unpaired) electrons. The van der Waals surface area contributed by atoms with Crippen LogP contribution < -0.4 is 5.32 Å². The van der Waals surface area contributed by atoms with Crippen molar-refractivity contribution in [3.8, 4) is 5.75 Å². The standard InChI is InChI=1S/C14H21ClN2O/c1-16-8-11-4-3-7-17(9-11)10-12-13(15)5-2-6-14(12)18/h2,5-6,11,16,18H,3-4,7-10H2,1H3. The molecule has 1 heterocycles. The summed E-state index contributed by atoms with van der Waals surface area (Å²) in [6, 6.07) is 5.32. The third-order valence-electron chi connectivity index (χ3n) is 3.57. The van der Waals surface area contributed by atoms with Gasteiger partial charge in [-0.15, -0.1) is 0 Å². The van der Waals surface area contributed by atoms with Crippen molar-refractivity contribution in [2.24, 2.45) is 5.92 Å². The molecule has 0 bridgehead atoms. The Hall–Kier alpha value is -0.770. The molecule has 0 spiro atoms. The Balaban J connectivity index is 2.00. The lowest BCUT2D eigenvalue weighted by molar-refractivity contribution is 0.165. The summed E-state index contributed by atoms with van der Waals surface area (Å²) in [6.45, 7) is 3.97. The number of piperidine rings is 1. The predicted octanol–water partition coefficient (Wildman–Crippen LogP) is 2.48. The normalized spacial score (nSPS) is 21.1. The third-order valence-corrected chi connectivity index (χ3v) is 3.93. The number of nitrogens with one attached hydrogen (secondary N) is 1. The number of phenolic OH excluding ortho intramolecular Hbond substituents is 1. The summed E-state index contributed by atoms with van der Waals surface area (Å²) < 4.78 is 0. The van der Waals surface area contributed by atoms with Gasteiger partial charge in [0, 0.05) is 23.7 Å². The van der Waals surface area contributed by atoms with Crippen LogP contribution in [0.4, 0.5) is 0 Å². The molecule has 1 unspecified atom stereocenters. The quantitative estimate of drug-likeness (QED) is 0.881. The SMILES string of the molecule is CNCC1CCCN(Cc2c(O)cccc2Cl)C1. The molecular weight excluding hydrogens is 248 g/mol. The van der Waals surface area contributed by atoms with Gasteiger partial charge in [0.05, 0.1) is 0 Å². The molecule has 1 aromatic rings. The molecule has 1 fully saturated rings. The molecule has 100 valence electrons. The van der Waals surface area contributed by atoms with Crippen molar-refractivity contribution >= 4 is 11.6 Å². The summed E-state index contributed by atoms with van der Waals surface area (Å²) in [6.07, 6.45) is 2.50. The van der Waals surface area contributed by atoms with Crippen molar-refractivity contribution in [3.05, 3.63) is 28.8 Å². The highest BCUT2D eigenvalue weighted by Crippen LogP contribution is 2.28. The van der Waals surface area contributed by atoms with Gasteiger partial charge in [0.15, 0.2) is 0 Å². The molecule has 0 aliphatic carbocycles. The van der Waals surface area contributed by atoms with E-state index in [1.54, 1.807) is 12.1 Å². The van der Waals surface area contributed by atoms with Gasteiger partial charge in [-0.05, 0) is 51.0 Å². The van der Waals surface area contributed by atoms with E-state index >= 15 is 0 Å². The molecule has 3 nitrogen and oxygen atoms in total. The minimum Gasteiger partial charge on any atom is -0.508 e. The van der Waals surface area contributed by atoms with Gasteiger partial charge in [-0.3, -0.25) is 4.90 Å². The zero-order chi connectivity index (χ0) is 13.0. The minimum atomic E-state index is 0.304. The van der Waals surface area contributed by atoms with Crippen LogP contribution in [0.15, 0.2) is 18.2 Å². The summed E-state index contributed by atoms with van der Waals surface area (Å²) in [7, 11) is 2.00. The average molecular weight is 269 g/mol. The zero-order valence-corrected chi connectivity index (χ0v) is 11.6. The Kier molecular flexibility index (Phi) is 4.87. The van der Waals surface area contributed by atoms with Gasteiger partial charge in [-0.1, -0.05) is 17.7 Å². The van der Waals surface area contributed by atoms with Gasteiger partial charge in [-0.2, -0.15) is 0 Å². The zero-order valence-electron chi connectivity index (χ0n) is 10.8. The van der Waals surface area contributed by atoms with Gasteiger partial charge in [0.1, 0.15) is 5.75 Å². The largest absolute Gasteiger partial charge is 0.508 e. The Morgan fingerprint density at radius 2 is 2.33 bits per heavy atom. The summed E-state index contributed by atoms with van der Waals surface area (Å²) >= 11 is 6.15. The fourth-order valence-electron chi connectivity index (χ4n) is 2.68. The third kappa shape index (κ3) is 3.37. The Morgan fingerprint density at radius 1 is 1.50 bits per heavy atom. The molecule has 4 heteroatoms. The number of aromatic hydroxyl groups is 1. The monoisotopic (exact) mass is 268 g/mol. The second-order valence-electron chi connectivity index (χ2n) is 5.04. The van der Waals surface area contributed by atoms with E-state index in [1.807, 2.05) is 13.1 Å². The topological polar surface area (TPSA) is 35.5 Å². The molecule has 1 atom stereocenters. The van der Waals surface area contributed by atoms with Crippen LogP contribution in [0, 0.1) is 5.92 Å². The lowest BCUT2D eigenvalue weighted by Crippen LogP contribution is -2.38. The summed E-state index contributed by atoms with van der Waals surface area (Å²) in [5.74, 6) is 1.01. The fraction of sp³-hybridized carbons (Fsp3) is 0.571. The minimum absolute atomic E-state index is 0.304. The molecule has 2 N–H and O–H groups in total. The van der Waals surface area contributed by atoms with E-state index in [2.05, 4.69) is 10.2 Å². The highest BCUT2D eigenvalue weighted by atomic mass is 35.5. The predicted molar refractivity (Wildman–Crippen MR) is 75.0 cm³/mol. The first-order valence-corrected chi connectivity index (χ1v) is 6.92. The first kappa shape index (κ1) is 13.7. The molecule has 1 saturated heterocycles. The van der Waals surface area contributed by atoms with E-state index in [9.17, 15) is 5.11 Å². The first-order valence-electron chi connectivity index (χ1n) is 6.54. The lowest BCUT2D eigenvalue weighted by Gasteiger charge is -2.33. The van der Waals surface area contributed by atoms with Crippen molar-refractivity contribution in [2.45, 2.75) is 19.4 Å². The van der Waals surface area contributed by atoms with Crippen LogP contribution in [0.3, 0.4) is 0 Å². The van der Waals surface area contributed by atoms with E-state index in [1.165, 1.54) is 12.8 Å². The van der Waals surface area contributed by atoms with Crippen LogP contribution in [-0.4, -0.2) is 36.7 Å². The van der Waals surface area contributed by atoms with Crippen LogP contribution in [-0.2, 0) is 6.54 Å². The van der Waals surface area contributed by atoms with Crippen LogP contribution in [0.2, 0.25) is 5.02 Å². The highest BCUT2D eigenvalue weighted by Gasteiger charge is 2.20. The van der Waals surface area contributed by atoms with Crippen molar-refractivity contribution < 1.29 is 5.11 Å². The van der Waals surface area contributed by atoms with Crippen LogP contribution >= 0.6 is 11.6 Å². The molecule has 0 aromatic heterocycles. The number of hydrogen-bond acceptors (Lipinski definition) is 3. The van der Waals surface area contributed by atoms with Gasteiger partial charge < -0.3 is 10.4 Å². The number of nitrogens with zero attached hydrogens (tertiary/aromatic N) is 1. The Bertz CT molecular complexity index is 375. The molecule has 2 rings (SSSR count).